The molecule has 0 aromatic heterocycles. The number of anilines is 1. The summed E-state index contributed by atoms with van der Waals surface area (Å²) in [5.41, 5.74) is 2.10. The van der Waals surface area contributed by atoms with Gasteiger partial charge >= 0.3 is 0 Å². The van der Waals surface area contributed by atoms with Crippen LogP contribution in [0.25, 0.3) is 0 Å². The summed E-state index contributed by atoms with van der Waals surface area (Å²) in [7, 11) is 0. The molecule has 0 unspecified atom stereocenters. The minimum atomic E-state index is -0.315. The lowest BCUT2D eigenvalue weighted by atomic mass is 10.1. The normalized spacial score (nSPS) is 11.9. The molecule has 0 aliphatic carbocycles. The molecule has 0 fully saturated rings. The van der Waals surface area contributed by atoms with Gasteiger partial charge in [-0.3, -0.25) is 9.59 Å². The van der Waals surface area contributed by atoms with Gasteiger partial charge in [0.25, 0.3) is 5.91 Å². The summed E-state index contributed by atoms with van der Waals surface area (Å²) in [5.74, 6) is 0.641. The van der Waals surface area contributed by atoms with E-state index in [0.717, 1.165) is 5.56 Å². The van der Waals surface area contributed by atoms with E-state index < -0.39 is 0 Å². The Kier molecular flexibility index (Phi) is 4.14. The molecule has 0 bridgehead atoms. The highest BCUT2D eigenvalue weighted by Crippen LogP contribution is 2.34. The van der Waals surface area contributed by atoms with Crippen molar-refractivity contribution in [1.82, 2.24) is 5.32 Å². The van der Waals surface area contributed by atoms with Crippen LogP contribution in [0.3, 0.4) is 0 Å². The largest absolute Gasteiger partial charge is 0.454 e. The molecule has 0 radical (unpaired) electrons. The number of aryl methyl sites for hydroxylation is 1. The number of carbonyl (C=O) groups is 2. The number of amides is 2. The molecule has 2 N–H and O–H groups in total. The number of ether oxygens (including phenoxy) is 2. The van der Waals surface area contributed by atoms with Crippen LogP contribution in [0.1, 0.15) is 15.9 Å². The first-order chi connectivity index (χ1) is 11.1. The molecule has 0 saturated carbocycles. The smallest absolute Gasteiger partial charge is 0.251 e. The van der Waals surface area contributed by atoms with E-state index in [-0.39, 0.29) is 25.2 Å². The lowest BCUT2D eigenvalue weighted by Crippen LogP contribution is -2.32. The quantitative estimate of drug-likeness (QED) is 0.906. The average Bonchev–Trinajstić information content (AvgIpc) is 3.00. The minimum Gasteiger partial charge on any atom is -0.454 e. The van der Waals surface area contributed by atoms with Gasteiger partial charge in [0.1, 0.15) is 0 Å². The Labute approximate surface area is 133 Å². The van der Waals surface area contributed by atoms with Crippen LogP contribution in [-0.2, 0) is 4.79 Å². The second-order valence-electron chi connectivity index (χ2n) is 5.17. The van der Waals surface area contributed by atoms with Crippen molar-refractivity contribution in [2.75, 3.05) is 18.7 Å². The summed E-state index contributed by atoms with van der Waals surface area (Å²) >= 11 is 0. The van der Waals surface area contributed by atoms with Crippen LogP contribution in [0.2, 0.25) is 0 Å². The zero-order chi connectivity index (χ0) is 16.2. The van der Waals surface area contributed by atoms with Crippen molar-refractivity contribution < 1.29 is 19.1 Å². The topological polar surface area (TPSA) is 76.7 Å². The van der Waals surface area contributed by atoms with Crippen LogP contribution in [0.5, 0.6) is 11.5 Å². The van der Waals surface area contributed by atoms with Gasteiger partial charge < -0.3 is 20.1 Å². The molecule has 23 heavy (non-hydrogen) atoms. The van der Waals surface area contributed by atoms with Crippen molar-refractivity contribution in [3.63, 3.8) is 0 Å². The average molecular weight is 312 g/mol. The zero-order valence-electron chi connectivity index (χ0n) is 12.6. The fourth-order valence-corrected chi connectivity index (χ4v) is 2.23. The fraction of sp³-hybridized carbons (Fsp3) is 0.176. The van der Waals surface area contributed by atoms with Crippen molar-refractivity contribution in [3.8, 4) is 11.5 Å². The summed E-state index contributed by atoms with van der Waals surface area (Å²) < 4.78 is 10.4. The lowest BCUT2D eigenvalue weighted by Gasteiger charge is -2.08. The Hall–Kier alpha value is -3.02. The minimum absolute atomic E-state index is 0.110. The van der Waals surface area contributed by atoms with Gasteiger partial charge in [-0.25, -0.2) is 0 Å². The van der Waals surface area contributed by atoms with Gasteiger partial charge in [0.05, 0.1) is 6.54 Å². The molecule has 1 aliphatic rings. The summed E-state index contributed by atoms with van der Waals surface area (Å²) in [5, 5.41) is 5.29. The van der Waals surface area contributed by atoms with Gasteiger partial charge in [0.15, 0.2) is 11.5 Å². The molecule has 0 saturated heterocycles. The molecule has 2 aromatic carbocycles. The van der Waals surface area contributed by atoms with Crippen LogP contribution in [0, 0.1) is 6.92 Å². The van der Waals surface area contributed by atoms with E-state index in [1.54, 1.807) is 36.4 Å². The van der Waals surface area contributed by atoms with Gasteiger partial charge in [-0.1, -0.05) is 17.7 Å². The molecule has 0 atom stereocenters. The highest BCUT2D eigenvalue weighted by molar-refractivity contribution is 5.99. The first-order valence-corrected chi connectivity index (χ1v) is 7.16. The van der Waals surface area contributed by atoms with E-state index in [1.165, 1.54) is 0 Å². The molecular formula is C17H16N2O4. The Morgan fingerprint density at radius 3 is 2.74 bits per heavy atom. The van der Waals surface area contributed by atoms with Gasteiger partial charge in [0, 0.05) is 17.3 Å². The van der Waals surface area contributed by atoms with E-state index in [9.17, 15) is 9.59 Å². The van der Waals surface area contributed by atoms with Crippen molar-refractivity contribution in [3.05, 3.63) is 53.6 Å². The third-order valence-corrected chi connectivity index (χ3v) is 3.35. The zero-order valence-corrected chi connectivity index (χ0v) is 12.6. The molecule has 2 aromatic rings. The molecule has 3 rings (SSSR count). The molecule has 2 amide bonds. The standard InChI is InChI=1S/C17H16N2O4/c1-11-3-2-4-12(7-11)17(21)18-9-16(20)19-13-5-6-14-15(8-13)23-10-22-14/h2-8H,9-10H2,1H3,(H,18,21)(H,19,20). The maximum atomic E-state index is 12.0. The molecule has 6 heteroatoms. The third kappa shape index (κ3) is 3.60. The van der Waals surface area contributed by atoms with Crippen molar-refractivity contribution in [2.24, 2.45) is 0 Å². The Balaban J connectivity index is 1.54. The Morgan fingerprint density at radius 1 is 1.09 bits per heavy atom. The first-order valence-electron chi connectivity index (χ1n) is 7.16. The van der Waals surface area contributed by atoms with Crippen molar-refractivity contribution >= 4 is 17.5 Å². The van der Waals surface area contributed by atoms with Gasteiger partial charge in [0.2, 0.25) is 12.7 Å². The molecule has 1 aliphatic heterocycles. The monoisotopic (exact) mass is 312 g/mol. The number of fused-ring (bicyclic) bond motifs is 1. The highest BCUT2D eigenvalue weighted by atomic mass is 16.7. The predicted octanol–water partition coefficient (Wildman–Crippen LogP) is 2.09. The van der Waals surface area contributed by atoms with Gasteiger partial charge in [-0.05, 0) is 31.2 Å². The van der Waals surface area contributed by atoms with Crippen LogP contribution < -0.4 is 20.1 Å². The lowest BCUT2D eigenvalue weighted by molar-refractivity contribution is -0.115. The molecule has 6 nitrogen and oxygen atoms in total. The van der Waals surface area contributed by atoms with E-state index in [2.05, 4.69) is 10.6 Å². The van der Waals surface area contributed by atoms with Crippen LogP contribution in [0.4, 0.5) is 5.69 Å². The SMILES string of the molecule is Cc1cccc(C(=O)NCC(=O)Nc2ccc3c(c2)OCO3)c1. The van der Waals surface area contributed by atoms with Crippen LogP contribution >= 0.6 is 0 Å². The maximum absolute atomic E-state index is 12.0. The van der Waals surface area contributed by atoms with Crippen molar-refractivity contribution in [1.29, 1.82) is 0 Å². The number of nitrogens with one attached hydrogen (secondary N) is 2. The van der Waals surface area contributed by atoms with Crippen LogP contribution in [-0.4, -0.2) is 25.2 Å². The fourth-order valence-electron chi connectivity index (χ4n) is 2.23. The number of hydrogen-bond donors (Lipinski definition) is 2. The van der Waals surface area contributed by atoms with E-state index >= 15 is 0 Å². The van der Waals surface area contributed by atoms with Gasteiger partial charge in [-0.15, -0.1) is 0 Å². The summed E-state index contributed by atoms with van der Waals surface area (Å²) in [6.07, 6.45) is 0. The molecule has 118 valence electrons. The molecule has 0 spiro atoms. The van der Waals surface area contributed by atoms with Gasteiger partial charge in [-0.2, -0.15) is 0 Å². The number of rotatable bonds is 4. The highest BCUT2D eigenvalue weighted by Gasteiger charge is 2.14. The van der Waals surface area contributed by atoms with Crippen molar-refractivity contribution in [2.45, 2.75) is 6.92 Å². The second kappa shape index (κ2) is 6.39. The Bertz CT molecular complexity index is 758. The second-order valence-corrected chi connectivity index (χ2v) is 5.17. The van der Waals surface area contributed by atoms with E-state index in [0.29, 0.717) is 22.7 Å². The van der Waals surface area contributed by atoms with E-state index in [1.807, 2.05) is 13.0 Å². The number of hydrogen-bond acceptors (Lipinski definition) is 4. The Morgan fingerprint density at radius 2 is 1.91 bits per heavy atom. The number of benzene rings is 2. The third-order valence-electron chi connectivity index (χ3n) is 3.35. The summed E-state index contributed by atoms with van der Waals surface area (Å²) in [6.45, 7) is 1.98. The first kappa shape index (κ1) is 14.9. The summed E-state index contributed by atoms with van der Waals surface area (Å²) in [6, 6.07) is 12.3. The van der Waals surface area contributed by atoms with E-state index in [4.69, 9.17) is 9.47 Å². The van der Waals surface area contributed by atoms with Crippen LogP contribution in [0.15, 0.2) is 42.5 Å². The maximum Gasteiger partial charge on any atom is 0.251 e. The number of carbonyl (C=O) groups excluding carboxylic acids is 2. The predicted molar refractivity (Wildman–Crippen MR) is 84.7 cm³/mol. The molecular weight excluding hydrogens is 296 g/mol. The molecule has 1 heterocycles. The summed E-state index contributed by atoms with van der Waals surface area (Å²) in [4.78, 5) is 23.9.